The molecule has 0 aliphatic carbocycles. The maximum absolute atomic E-state index is 12.1. The highest BCUT2D eigenvalue weighted by molar-refractivity contribution is 5.89. The fraction of sp³-hybridized carbons (Fsp3) is 0.533. The van der Waals surface area contributed by atoms with E-state index in [1.165, 1.54) is 5.56 Å². The number of likely N-dealkylation sites (tertiary alicyclic amines) is 1. The molecule has 1 heterocycles. The monoisotopic (exact) mass is 261 g/mol. The van der Waals surface area contributed by atoms with E-state index in [-0.39, 0.29) is 6.03 Å². The van der Waals surface area contributed by atoms with Crippen molar-refractivity contribution >= 4 is 11.7 Å². The maximum atomic E-state index is 12.1. The first-order chi connectivity index (χ1) is 9.19. The highest BCUT2D eigenvalue weighted by Gasteiger charge is 2.19. The first-order valence-corrected chi connectivity index (χ1v) is 7.04. The van der Waals surface area contributed by atoms with E-state index in [2.05, 4.69) is 12.2 Å². The number of amides is 2. The predicted octanol–water partition coefficient (Wildman–Crippen LogP) is 2.45. The summed E-state index contributed by atoms with van der Waals surface area (Å²) >= 11 is 0. The van der Waals surface area contributed by atoms with Crippen molar-refractivity contribution < 1.29 is 4.79 Å². The van der Waals surface area contributed by atoms with Gasteiger partial charge in [0.25, 0.3) is 0 Å². The van der Waals surface area contributed by atoms with Crippen molar-refractivity contribution in [2.45, 2.75) is 26.2 Å². The lowest BCUT2D eigenvalue weighted by atomic mass is 10.00. The van der Waals surface area contributed by atoms with Gasteiger partial charge in [-0.3, -0.25) is 0 Å². The summed E-state index contributed by atoms with van der Waals surface area (Å²) in [6.45, 7) is 4.61. The fourth-order valence-corrected chi connectivity index (χ4v) is 2.34. The van der Waals surface area contributed by atoms with Gasteiger partial charge in [0.1, 0.15) is 0 Å². The average molecular weight is 261 g/mol. The molecule has 0 aromatic heterocycles. The van der Waals surface area contributed by atoms with E-state index >= 15 is 0 Å². The maximum Gasteiger partial charge on any atom is 0.321 e. The van der Waals surface area contributed by atoms with Gasteiger partial charge in [-0.25, -0.2) is 4.79 Å². The van der Waals surface area contributed by atoms with Gasteiger partial charge >= 0.3 is 6.03 Å². The Kier molecular flexibility index (Phi) is 4.80. The summed E-state index contributed by atoms with van der Waals surface area (Å²) in [4.78, 5) is 14.0. The van der Waals surface area contributed by atoms with Gasteiger partial charge < -0.3 is 16.0 Å². The lowest BCUT2D eigenvalue weighted by molar-refractivity contribution is 0.186. The minimum absolute atomic E-state index is 0.0125. The van der Waals surface area contributed by atoms with Crippen LogP contribution in [0, 0.1) is 5.92 Å². The first-order valence-electron chi connectivity index (χ1n) is 7.04. The van der Waals surface area contributed by atoms with Gasteiger partial charge in [-0.05, 0) is 49.4 Å². The van der Waals surface area contributed by atoms with E-state index in [0.717, 1.165) is 44.0 Å². The normalized spacial score (nSPS) is 16.4. The molecule has 104 valence electrons. The van der Waals surface area contributed by atoms with Crippen LogP contribution in [0.4, 0.5) is 10.5 Å². The molecule has 4 heteroatoms. The number of carbonyl (C=O) groups is 1. The average Bonchev–Trinajstić information content (AvgIpc) is 2.42. The van der Waals surface area contributed by atoms with Crippen LogP contribution in [0.5, 0.6) is 0 Å². The Morgan fingerprint density at radius 2 is 1.95 bits per heavy atom. The third-order valence-corrected chi connectivity index (χ3v) is 3.71. The molecule has 0 radical (unpaired) electrons. The van der Waals surface area contributed by atoms with Crippen LogP contribution >= 0.6 is 0 Å². The molecule has 0 saturated carbocycles. The molecule has 1 aliphatic heterocycles. The van der Waals surface area contributed by atoms with Crippen LogP contribution in [0.1, 0.15) is 25.3 Å². The molecular weight excluding hydrogens is 238 g/mol. The van der Waals surface area contributed by atoms with Crippen molar-refractivity contribution in [3.63, 3.8) is 0 Å². The Bertz CT molecular complexity index is 408. The van der Waals surface area contributed by atoms with Crippen LogP contribution in [0.25, 0.3) is 0 Å². The van der Waals surface area contributed by atoms with E-state index in [9.17, 15) is 4.79 Å². The Hall–Kier alpha value is -1.55. The number of nitrogens with zero attached hydrogens (tertiary/aromatic N) is 1. The molecule has 0 bridgehead atoms. The number of urea groups is 1. The predicted molar refractivity (Wildman–Crippen MR) is 78.2 cm³/mol. The zero-order valence-electron chi connectivity index (χ0n) is 11.6. The molecule has 3 N–H and O–H groups in total. The summed E-state index contributed by atoms with van der Waals surface area (Å²) < 4.78 is 0. The second-order valence-corrected chi connectivity index (χ2v) is 5.34. The molecule has 4 nitrogen and oxygen atoms in total. The van der Waals surface area contributed by atoms with Gasteiger partial charge in [-0.1, -0.05) is 19.1 Å². The van der Waals surface area contributed by atoms with Gasteiger partial charge in [-0.15, -0.1) is 0 Å². The lowest BCUT2D eigenvalue weighted by Crippen LogP contribution is -2.40. The van der Waals surface area contributed by atoms with Crippen LogP contribution < -0.4 is 11.1 Å². The molecule has 2 rings (SSSR count). The number of hydrogen-bond donors (Lipinski definition) is 2. The third kappa shape index (κ3) is 3.96. The van der Waals surface area contributed by atoms with Gasteiger partial charge in [-0.2, -0.15) is 0 Å². The zero-order valence-corrected chi connectivity index (χ0v) is 11.6. The number of nitrogens with two attached hydrogens (primary N) is 1. The SMILES string of the molecule is CC1CCN(C(=O)Nc2ccc(CCN)cc2)CC1. The molecule has 0 unspecified atom stereocenters. The zero-order chi connectivity index (χ0) is 13.7. The fourth-order valence-electron chi connectivity index (χ4n) is 2.34. The largest absolute Gasteiger partial charge is 0.330 e. The molecule has 0 atom stereocenters. The third-order valence-electron chi connectivity index (χ3n) is 3.71. The lowest BCUT2D eigenvalue weighted by Gasteiger charge is -2.30. The Morgan fingerprint density at radius 1 is 1.32 bits per heavy atom. The smallest absolute Gasteiger partial charge is 0.321 e. The minimum Gasteiger partial charge on any atom is -0.330 e. The summed E-state index contributed by atoms with van der Waals surface area (Å²) in [6.07, 6.45) is 3.07. The minimum atomic E-state index is 0.0125. The molecule has 1 saturated heterocycles. The molecule has 0 spiro atoms. The molecular formula is C15H23N3O. The number of piperidine rings is 1. The summed E-state index contributed by atoms with van der Waals surface area (Å²) in [7, 11) is 0. The summed E-state index contributed by atoms with van der Waals surface area (Å²) in [5.41, 5.74) is 7.56. The quantitative estimate of drug-likeness (QED) is 0.878. The molecule has 19 heavy (non-hydrogen) atoms. The molecule has 1 fully saturated rings. The van der Waals surface area contributed by atoms with Crippen LogP contribution in [0.15, 0.2) is 24.3 Å². The van der Waals surface area contributed by atoms with Crippen molar-refractivity contribution in [3.8, 4) is 0 Å². The molecule has 1 aromatic carbocycles. The highest BCUT2D eigenvalue weighted by atomic mass is 16.2. The van der Waals surface area contributed by atoms with E-state index in [1.54, 1.807) is 0 Å². The van der Waals surface area contributed by atoms with Gasteiger partial charge in [0.2, 0.25) is 0 Å². The second kappa shape index (κ2) is 6.57. The van der Waals surface area contributed by atoms with Crippen molar-refractivity contribution in [1.82, 2.24) is 4.90 Å². The van der Waals surface area contributed by atoms with Crippen LogP contribution in [-0.2, 0) is 6.42 Å². The Labute approximate surface area is 115 Å². The van der Waals surface area contributed by atoms with E-state index in [4.69, 9.17) is 5.73 Å². The van der Waals surface area contributed by atoms with Crippen molar-refractivity contribution in [2.75, 3.05) is 25.0 Å². The topological polar surface area (TPSA) is 58.4 Å². The number of carbonyl (C=O) groups excluding carboxylic acids is 1. The molecule has 1 aromatic rings. The van der Waals surface area contributed by atoms with E-state index < -0.39 is 0 Å². The van der Waals surface area contributed by atoms with Crippen LogP contribution in [0.2, 0.25) is 0 Å². The van der Waals surface area contributed by atoms with Gasteiger partial charge in [0.15, 0.2) is 0 Å². The van der Waals surface area contributed by atoms with Crippen LogP contribution in [0.3, 0.4) is 0 Å². The number of anilines is 1. The molecule has 2 amide bonds. The summed E-state index contributed by atoms with van der Waals surface area (Å²) in [5.74, 6) is 0.736. The number of hydrogen-bond acceptors (Lipinski definition) is 2. The van der Waals surface area contributed by atoms with E-state index in [1.807, 2.05) is 29.2 Å². The number of benzene rings is 1. The summed E-state index contributed by atoms with van der Waals surface area (Å²) in [5, 5.41) is 2.95. The first kappa shape index (κ1) is 13.9. The van der Waals surface area contributed by atoms with Crippen molar-refractivity contribution in [1.29, 1.82) is 0 Å². The highest BCUT2D eigenvalue weighted by Crippen LogP contribution is 2.17. The standard InChI is InChI=1S/C15H23N3O/c1-12-7-10-18(11-8-12)15(19)17-14-4-2-13(3-5-14)6-9-16/h2-5,12H,6-11,16H2,1H3,(H,17,19). The second-order valence-electron chi connectivity index (χ2n) is 5.34. The van der Waals surface area contributed by atoms with Gasteiger partial charge in [0, 0.05) is 18.8 Å². The van der Waals surface area contributed by atoms with Crippen molar-refractivity contribution in [3.05, 3.63) is 29.8 Å². The Balaban J connectivity index is 1.88. The molecule has 1 aliphatic rings. The van der Waals surface area contributed by atoms with Crippen LogP contribution in [-0.4, -0.2) is 30.6 Å². The van der Waals surface area contributed by atoms with E-state index in [0.29, 0.717) is 6.54 Å². The summed E-state index contributed by atoms with van der Waals surface area (Å²) in [6, 6.07) is 7.92. The van der Waals surface area contributed by atoms with Gasteiger partial charge in [0.05, 0.1) is 0 Å². The number of rotatable bonds is 3. The number of nitrogens with one attached hydrogen (secondary N) is 1. The van der Waals surface area contributed by atoms with Crippen molar-refractivity contribution in [2.24, 2.45) is 11.7 Å². The Morgan fingerprint density at radius 3 is 2.53 bits per heavy atom.